The Balaban J connectivity index is 1.75. The topological polar surface area (TPSA) is 41.5 Å². The van der Waals surface area contributed by atoms with Crippen molar-refractivity contribution in [2.75, 3.05) is 38.7 Å². The lowest BCUT2D eigenvalue weighted by Gasteiger charge is -2.33. The molecule has 1 aliphatic rings. The molecule has 128 valence electrons. The van der Waals surface area contributed by atoms with Crippen LogP contribution in [0.5, 0.6) is 0 Å². The molecule has 1 saturated heterocycles. The van der Waals surface area contributed by atoms with Crippen molar-refractivity contribution in [1.82, 2.24) is 14.9 Å². The van der Waals surface area contributed by atoms with Gasteiger partial charge in [0, 0.05) is 57.5 Å². The van der Waals surface area contributed by atoms with Gasteiger partial charge >= 0.3 is 0 Å². The molecule has 0 aromatic carbocycles. The minimum Gasteiger partial charge on any atom is -0.378 e. The van der Waals surface area contributed by atoms with Crippen LogP contribution < -0.4 is 4.90 Å². The summed E-state index contributed by atoms with van der Waals surface area (Å²) in [5.41, 5.74) is 5.79. The Labute approximate surface area is 144 Å². The normalized spacial score (nSPS) is 18.6. The van der Waals surface area contributed by atoms with Crippen LogP contribution in [0.25, 0.3) is 0 Å². The van der Waals surface area contributed by atoms with E-state index in [0.29, 0.717) is 0 Å². The number of aromatic nitrogens is 2. The maximum Gasteiger partial charge on any atom is 0.112 e. The van der Waals surface area contributed by atoms with Gasteiger partial charge in [0.2, 0.25) is 0 Å². The third kappa shape index (κ3) is 3.91. The molecule has 1 atom stereocenters. The van der Waals surface area contributed by atoms with Crippen molar-refractivity contribution in [2.45, 2.75) is 26.5 Å². The number of hydrogen-bond donors (Lipinski definition) is 0. The lowest BCUT2D eigenvalue weighted by atomic mass is 10.1. The lowest BCUT2D eigenvalue weighted by molar-refractivity contribution is -0.0351. The van der Waals surface area contributed by atoms with E-state index in [2.05, 4.69) is 54.0 Å². The van der Waals surface area contributed by atoms with E-state index < -0.39 is 0 Å². The minimum atomic E-state index is 0.0225. The van der Waals surface area contributed by atoms with Gasteiger partial charge < -0.3 is 9.64 Å². The SMILES string of the molecule is Cc1cc(N(C)C)cc(C2CN(Cc3cnccc3C)CCO2)n1. The highest BCUT2D eigenvalue weighted by atomic mass is 16.5. The molecule has 0 amide bonds. The van der Waals surface area contributed by atoms with Gasteiger partial charge in [-0.3, -0.25) is 14.9 Å². The number of aryl methyl sites for hydroxylation is 2. The van der Waals surface area contributed by atoms with E-state index in [1.807, 2.05) is 19.3 Å². The number of morpholine rings is 1. The zero-order chi connectivity index (χ0) is 17.1. The molecular formula is C19H26N4O. The van der Waals surface area contributed by atoms with Crippen LogP contribution in [0, 0.1) is 13.8 Å². The zero-order valence-electron chi connectivity index (χ0n) is 15.0. The fourth-order valence-electron chi connectivity index (χ4n) is 3.03. The van der Waals surface area contributed by atoms with Crippen LogP contribution in [0.4, 0.5) is 5.69 Å². The molecule has 3 rings (SSSR count). The third-order valence-electron chi connectivity index (χ3n) is 4.50. The highest BCUT2D eigenvalue weighted by Gasteiger charge is 2.24. The number of anilines is 1. The van der Waals surface area contributed by atoms with Crippen molar-refractivity contribution in [3.05, 3.63) is 53.1 Å². The van der Waals surface area contributed by atoms with Gasteiger partial charge in [-0.1, -0.05) is 0 Å². The Kier molecular flexibility index (Phi) is 5.11. The number of rotatable bonds is 4. The first-order chi connectivity index (χ1) is 11.5. The molecule has 0 radical (unpaired) electrons. The van der Waals surface area contributed by atoms with Gasteiger partial charge in [-0.05, 0) is 43.2 Å². The summed E-state index contributed by atoms with van der Waals surface area (Å²) >= 11 is 0. The Hall–Kier alpha value is -1.98. The molecule has 0 bridgehead atoms. The summed E-state index contributed by atoms with van der Waals surface area (Å²) in [6.45, 7) is 7.62. The quantitative estimate of drug-likeness (QED) is 0.864. The van der Waals surface area contributed by atoms with Crippen LogP contribution in [0.1, 0.15) is 28.6 Å². The summed E-state index contributed by atoms with van der Waals surface area (Å²) in [6, 6.07) is 6.30. The maximum atomic E-state index is 6.01. The first-order valence-electron chi connectivity index (χ1n) is 8.42. The summed E-state index contributed by atoms with van der Waals surface area (Å²) in [5.74, 6) is 0. The van der Waals surface area contributed by atoms with Gasteiger partial charge in [0.25, 0.3) is 0 Å². The van der Waals surface area contributed by atoms with E-state index >= 15 is 0 Å². The summed E-state index contributed by atoms with van der Waals surface area (Å²) in [6.07, 6.45) is 3.84. The van der Waals surface area contributed by atoms with Crippen LogP contribution in [0.15, 0.2) is 30.6 Å². The second-order valence-corrected chi connectivity index (χ2v) is 6.68. The first-order valence-corrected chi connectivity index (χ1v) is 8.42. The summed E-state index contributed by atoms with van der Waals surface area (Å²) in [5, 5.41) is 0. The molecule has 3 heterocycles. The van der Waals surface area contributed by atoms with Gasteiger partial charge in [-0.2, -0.15) is 0 Å². The predicted molar refractivity (Wildman–Crippen MR) is 96.2 cm³/mol. The Morgan fingerprint density at radius 2 is 2.12 bits per heavy atom. The van der Waals surface area contributed by atoms with Gasteiger partial charge in [-0.25, -0.2) is 0 Å². The molecule has 1 aliphatic heterocycles. The van der Waals surface area contributed by atoms with Crippen LogP contribution in [-0.4, -0.2) is 48.7 Å². The van der Waals surface area contributed by atoms with Gasteiger partial charge in [0.1, 0.15) is 6.10 Å². The van der Waals surface area contributed by atoms with Crippen molar-refractivity contribution in [2.24, 2.45) is 0 Å². The van der Waals surface area contributed by atoms with Crippen molar-refractivity contribution in [3.63, 3.8) is 0 Å². The largest absolute Gasteiger partial charge is 0.378 e. The Morgan fingerprint density at radius 3 is 2.88 bits per heavy atom. The van der Waals surface area contributed by atoms with Gasteiger partial charge in [0.15, 0.2) is 0 Å². The molecule has 5 heteroatoms. The smallest absolute Gasteiger partial charge is 0.112 e. The zero-order valence-corrected chi connectivity index (χ0v) is 15.0. The molecule has 0 saturated carbocycles. The summed E-state index contributed by atoms with van der Waals surface area (Å²) in [4.78, 5) is 13.5. The van der Waals surface area contributed by atoms with Gasteiger partial charge in [0.05, 0.1) is 12.3 Å². The highest BCUT2D eigenvalue weighted by Crippen LogP contribution is 2.25. The number of ether oxygens (including phenoxy) is 1. The van der Waals surface area contributed by atoms with Crippen LogP contribution >= 0.6 is 0 Å². The monoisotopic (exact) mass is 326 g/mol. The predicted octanol–water partition coefficient (Wildman–Crippen LogP) is 2.73. The molecule has 24 heavy (non-hydrogen) atoms. The average Bonchev–Trinajstić information content (AvgIpc) is 2.57. The highest BCUT2D eigenvalue weighted by molar-refractivity contribution is 5.47. The van der Waals surface area contributed by atoms with Crippen LogP contribution in [0.3, 0.4) is 0 Å². The summed E-state index contributed by atoms with van der Waals surface area (Å²) in [7, 11) is 4.11. The first kappa shape index (κ1) is 16.9. The minimum absolute atomic E-state index is 0.0225. The fourth-order valence-corrected chi connectivity index (χ4v) is 3.03. The Morgan fingerprint density at radius 1 is 1.29 bits per heavy atom. The van der Waals surface area contributed by atoms with Crippen molar-refractivity contribution < 1.29 is 4.74 Å². The Bertz CT molecular complexity index is 702. The second-order valence-electron chi connectivity index (χ2n) is 6.68. The van der Waals surface area contributed by atoms with E-state index in [-0.39, 0.29) is 6.10 Å². The third-order valence-corrected chi connectivity index (χ3v) is 4.50. The molecule has 1 unspecified atom stereocenters. The number of hydrogen-bond acceptors (Lipinski definition) is 5. The summed E-state index contributed by atoms with van der Waals surface area (Å²) < 4.78 is 6.01. The van der Waals surface area contributed by atoms with E-state index in [9.17, 15) is 0 Å². The van der Waals surface area contributed by atoms with E-state index in [4.69, 9.17) is 9.72 Å². The molecule has 2 aromatic heterocycles. The number of nitrogens with zero attached hydrogens (tertiary/aromatic N) is 4. The van der Waals surface area contributed by atoms with Gasteiger partial charge in [-0.15, -0.1) is 0 Å². The molecular weight excluding hydrogens is 300 g/mol. The van der Waals surface area contributed by atoms with Crippen LogP contribution in [-0.2, 0) is 11.3 Å². The van der Waals surface area contributed by atoms with E-state index in [0.717, 1.165) is 37.6 Å². The maximum absolute atomic E-state index is 6.01. The van der Waals surface area contributed by atoms with Crippen LogP contribution in [0.2, 0.25) is 0 Å². The molecule has 2 aromatic rings. The molecule has 5 nitrogen and oxygen atoms in total. The fraction of sp³-hybridized carbons (Fsp3) is 0.474. The molecule has 0 spiro atoms. The molecule has 0 aliphatic carbocycles. The standard InChI is InChI=1S/C19H26N4O/c1-14-5-6-20-11-16(14)12-23-7-8-24-19(13-23)18-10-17(22(3)4)9-15(2)21-18/h5-6,9-11,19H,7-8,12-13H2,1-4H3. The lowest BCUT2D eigenvalue weighted by Crippen LogP contribution is -2.38. The molecule has 0 N–H and O–H groups in total. The van der Waals surface area contributed by atoms with Crippen molar-refractivity contribution in [3.8, 4) is 0 Å². The number of pyridine rings is 2. The average molecular weight is 326 g/mol. The van der Waals surface area contributed by atoms with Crippen molar-refractivity contribution in [1.29, 1.82) is 0 Å². The van der Waals surface area contributed by atoms with E-state index in [1.165, 1.54) is 16.8 Å². The molecule has 1 fully saturated rings. The van der Waals surface area contributed by atoms with Crippen molar-refractivity contribution >= 4 is 5.69 Å². The second kappa shape index (κ2) is 7.28. The van der Waals surface area contributed by atoms with E-state index in [1.54, 1.807) is 0 Å².